The number of aromatic nitrogens is 6. The van der Waals surface area contributed by atoms with Crippen molar-refractivity contribution in [3.8, 4) is 0 Å². The number of hydrogen-bond donors (Lipinski definition) is 2. The molecule has 3 aromatic heterocycles. The smallest absolute Gasteiger partial charge is 0.276 e. The topological polar surface area (TPSA) is 112 Å². The van der Waals surface area contributed by atoms with Crippen LogP contribution in [0.5, 0.6) is 0 Å². The Kier molecular flexibility index (Phi) is 4.57. The number of hydrogen-bond acceptors (Lipinski definition) is 5. The van der Waals surface area contributed by atoms with E-state index in [4.69, 9.17) is 0 Å². The highest BCUT2D eigenvalue weighted by Crippen LogP contribution is 2.19. The van der Waals surface area contributed by atoms with Gasteiger partial charge in [0.1, 0.15) is 5.69 Å². The van der Waals surface area contributed by atoms with Crippen molar-refractivity contribution in [1.82, 2.24) is 29.3 Å². The van der Waals surface area contributed by atoms with Crippen molar-refractivity contribution in [3.05, 3.63) is 41.7 Å². The summed E-state index contributed by atoms with van der Waals surface area (Å²) in [7, 11) is 3.42. The molecule has 0 spiro atoms. The fraction of sp³-hybridized carbons (Fsp3) is 0.312. The first-order valence-electron chi connectivity index (χ1n) is 8.06. The van der Waals surface area contributed by atoms with Gasteiger partial charge in [-0.05, 0) is 13.8 Å². The molecular formula is C16H20N8O2. The second-order valence-electron chi connectivity index (χ2n) is 5.79. The molecule has 3 rings (SSSR count). The Morgan fingerprint density at radius 1 is 0.962 bits per heavy atom. The number of nitrogens with one attached hydrogen (secondary N) is 2. The molecule has 10 heteroatoms. The monoisotopic (exact) mass is 356 g/mol. The number of carbonyl (C=O) groups excluding carboxylic acids is 2. The Morgan fingerprint density at radius 3 is 2.23 bits per heavy atom. The molecule has 136 valence electrons. The largest absolute Gasteiger partial charge is 0.319 e. The van der Waals surface area contributed by atoms with Crippen LogP contribution >= 0.6 is 0 Å². The third-order valence-corrected chi connectivity index (χ3v) is 4.10. The minimum absolute atomic E-state index is 0.240. The fourth-order valence-electron chi connectivity index (χ4n) is 2.45. The predicted molar refractivity (Wildman–Crippen MR) is 95.0 cm³/mol. The predicted octanol–water partition coefficient (Wildman–Crippen LogP) is 1.18. The highest BCUT2D eigenvalue weighted by molar-refractivity contribution is 6.11. The summed E-state index contributed by atoms with van der Waals surface area (Å²) < 4.78 is 4.72. The average molecular weight is 356 g/mol. The van der Waals surface area contributed by atoms with E-state index in [0.717, 1.165) is 5.69 Å². The first-order valence-corrected chi connectivity index (χ1v) is 8.06. The Balaban J connectivity index is 1.81. The van der Waals surface area contributed by atoms with Gasteiger partial charge in [0.05, 0.1) is 41.2 Å². The highest BCUT2D eigenvalue weighted by Gasteiger charge is 2.21. The van der Waals surface area contributed by atoms with Crippen LogP contribution in [0, 0.1) is 6.92 Å². The van der Waals surface area contributed by atoms with Gasteiger partial charge >= 0.3 is 0 Å². The first-order chi connectivity index (χ1) is 12.4. The summed E-state index contributed by atoms with van der Waals surface area (Å²) >= 11 is 0. The van der Waals surface area contributed by atoms with E-state index in [1.54, 1.807) is 35.9 Å². The maximum absolute atomic E-state index is 12.7. The molecule has 2 N–H and O–H groups in total. The standard InChI is InChI=1S/C16H20N8O2/c1-5-24-9-11(6-19-24)15(25)21-13-8-18-23(4)14(13)16(26)20-12-7-17-22(3)10(12)2/h6-9H,5H2,1-4H3,(H,20,26)(H,21,25). The summed E-state index contributed by atoms with van der Waals surface area (Å²) in [6.07, 6.45) is 6.13. The van der Waals surface area contributed by atoms with Crippen LogP contribution in [-0.4, -0.2) is 41.2 Å². The van der Waals surface area contributed by atoms with Crippen LogP contribution in [0.4, 0.5) is 11.4 Å². The lowest BCUT2D eigenvalue weighted by Gasteiger charge is -2.08. The molecule has 0 saturated carbocycles. The fourth-order valence-corrected chi connectivity index (χ4v) is 2.45. The second kappa shape index (κ2) is 6.82. The van der Waals surface area contributed by atoms with Gasteiger partial charge < -0.3 is 10.6 Å². The molecule has 0 aliphatic heterocycles. The van der Waals surface area contributed by atoms with Crippen molar-refractivity contribution in [2.75, 3.05) is 10.6 Å². The molecule has 0 atom stereocenters. The van der Waals surface area contributed by atoms with Gasteiger partial charge in [-0.2, -0.15) is 15.3 Å². The molecular weight excluding hydrogens is 336 g/mol. The molecule has 0 radical (unpaired) electrons. The van der Waals surface area contributed by atoms with Crippen molar-refractivity contribution in [2.45, 2.75) is 20.4 Å². The van der Waals surface area contributed by atoms with E-state index in [0.29, 0.717) is 23.5 Å². The lowest BCUT2D eigenvalue weighted by Crippen LogP contribution is -2.20. The molecule has 0 unspecified atom stereocenters. The molecule has 0 bridgehead atoms. The van der Waals surface area contributed by atoms with Crippen LogP contribution in [0.15, 0.2) is 24.8 Å². The van der Waals surface area contributed by atoms with E-state index in [1.807, 2.05) is 13.8 Å². The van der Waals surface area contributed by atoms with Gasteiger partial charge in [0.15, 0.2) is 0 Å². The van der Waals surface area contributed by atoms with Crippen LogP contribution in [0.3, 0.4) is 0 Å². The molecule has 3 heterocycles. The Labute approximate surface area is 149 Å². The second-order valence-corrected chi connectivity index (χ2v) is 5.79. The third kappa shape index (κ3) is 3.21. The molecule has 2 amide bonds. The lowest BCUT2D eigenvalue weighted by atomic mass is 10.3. The summed E-state index contributed by atoms with van der Waals surface area (Å²) in [5.41, 5.74) is 2.38. The van der Waals surface area contributed by atoms with Crippen LogP contribution in [0.1, 0.15) is 33.5 Å². The molecule has 0 aliphatic carbocycles. The minimum atomic E-state index is -0.388. The molecule has 0 aliphatic rings. The van der Waals surface area contributed by atoms with Crippen molar-refractivity contribution < 1.29 is 9.59 Å². The van der Waals surface area contributed by atoms with E-state index < -0.39 is 0 Å². The Hall–Kier alpha value is -3.43. The third-order valence-electron chi connectivity index (χ3n) is 4.10. The molecule has 0 aromatic carbocycles. The van der Waals surface area contributed by atoms with E-state index in [9.17, 15) is 9.59 Å². The number of nitrogens with zero attached hydrogens (tertiary/aromatic N) is 6. The number of carbonyl (C=O) groups is 2. The van der Waals surface area contributed by atoms with Gasteiger partial charge in [0.2, 0.25) is 0 Å². The van der Waals surface area contributed by atoms with Crippen molar-refractivity contribution >= 4 is 23.2 Å². The quantitative estimate of drug-likeness (QED) is 0.713. The molecule has 10 nitrogen and oxygen atoms in total. The summed E-state index contributed by atoms with van der Waals surface area (Å²) in [5.74, 6) is -0.745. The van der Waals surface area contributed by atoms with E-state index in [2.05, 4.69) is 25.9 Å². The molecule has 26 heavy (non-hydrogen) atoms. The Morgan fingerprint density at radius 2 is 1.62 bits per heavy atom. The zero-order chi connectivity index (χ0) is 18.8. The number of anilines is 2. The zero-order valence-corrected chi connectivity index (χ0v) is 15.0. The van der Waals surface area contributed by atoms with Crippen LogP contribution in [0.25, 0.3) is 0 Å². The SMILES string of the molecule is CCn1cc(C(=O)Nc2cnn(C)c2C(=O)Nc2cnn(C)c2C)cn1. The summed E-state index contributed by atoms with van der Waals surface area (Å²) in [5, 5.41) is 17.7. The van der Waals surface area contributed by atoms with Gasteiger partial charge in [0.25, 0.3) is 11.8 Å². The Bertz CT molecular complexity index is 965. The van der Waals surface area contributed by atoms with E-state index in [-0.39, 0.29) is 17.5 Å². The van der Waals surface area contributed by atoms with Gasteiger partial charge in [-0.25, -0.2) is 0 Å². The summed E-state index contributed by atoms with van der Waals surface area (Å²) in [6.45, 7) is 4.44. The average Bonchev–Trinajstić information content (AvgIpc) is 3.31. The maximum atomic E-state index is 12.7. The summed E-state index contributed by atoms with van der Waals surface area (Å²) in [4.78, 5) is 25.1. The molecule has 0 fully saturated rings. The minimum Gasteiger partial charge on any atom is -0.319 e. The first kappa shape index (κ1) is 17.4. The van der Waals surface area contributed by atoms with Crippen LogP contribution in [0.2, 0.25) is 0 Å². The number of aryl methyl sites for hydroxylation is 3. The normalized spacial score (nSPS) is 10.8. The summed E-state index contributed by atoms with van der Waals surface area (Å²) in [6, 6.07) is 0. The van der Waals surface area contributed by atoms with E-state index in [1.165, 1.54) is 17.1 Å². The number of rotatable bonds is 5. The van der Waals surface area contributed by atoms with Crippen molar-refractivity contribution in [3.63, 3.8) is 0 Å². The van der Waals surface area contributed by atoms with Gasteiger partial charge in [-0.1, -0.05) is 0 Å². The molecule has 0 saturated heterocycles. The van der Waals surface area contributed by atoms with E-state index >= 15 is 0 Å². The zero-order valence-electron chi connectivity index (χ0n) is 15.0. The van der Waals surface area contributed by atoms with Gasteiger partial charge in [-0.3, -0.25) is 23.6 Å². The maximum Gasteiger partial charge on any atom is 0.276 e. The highest BCUT2D eigenvalue weighted by atomic mass is 16.2. The van der Waals surface area contributed by atoms with Crippen LogP contribution in [-0.2, 0) is 20.6 Å². The van der Waals surface area contributed by atoms with Crippen molar-refractivity contribution in [2.24, 2.45) is 14.1 Å². The van der Waals surface area contributed by atoms with Gasteiger partial charge in [-0.15, -0.1) is 0 Å². The van der Waals surface area contributed by atoms with Crippen molar-refractivity contribution in [1.29, 1.82) is 0 Å². The van der Waals surface area contributed by atoms with Crippen LogP contribution < -0.4 is 10.6 Å². The molecule has 3 aromatic rings. The number of amides is 2. The van der Waals surface area contributed by atoms with Gasteiger partial charge in [0, 0.05) is 26.8 Å². The lowest BCUT2D eigenvalue weighted by molar-refractivity contribution is 0.101.